The average molecular weight is 303 g/mol. The number of methoxy groups -OCH3 is 1. The van der Waals surface area contributed by atoms with Crippen molar-refractivity contribution in [3.8, 4) is 0 Å². The van der Waals surface area contributed by atoms with E-state index in [1.165, 1.54) is 18.1 Å². The summed E-state index contributed by atoms with van der Waals surface area (Å²) in [5.74, 6) is -0.220. The fourth-order valence-corrected chi connectivity index (χ4v) is 3.36. The van der Waals surface area contributed by atoms with Gasteiger partial charge in [-0.1, -0.05) is 42.5 Å². The predicted molar refractivity (Wildman–Crippen MR) is 91.3 cm³/mol. The van der Waals surface area contributed by atoms with Gasteiger partial charge in [0.05, 0.1) is 7.11 Å². The Morgan fingerprint density at radius 3 is 2.35 bits per heavy atom. The van der Waals surface area contributed by atoms with Crippen LogP contribution in [0.15, 0.2) is 66.7 Å². The second-order valence-corrected chi connectivity index (χ2v) is 5.79. The molecule has 1 atom stereocenters. The molecule has 0 amide bonds. The lowest BCUT2D eigenvalue weighted by Gasteiger charge is -2.25. The minimum Gasteiger partial charge on any atom is -0.467 e. The molecule has 0 aromatic heterocycles. The molecule has 23 heavy (non-hydrogen) atoms. The van der Waals surface area contributed by atoms with E-state index in [4.69, 9.17) is 4.74 Å². The number of carbonyl (C=O) groups is 1. The van der Waals surface area contributed by atoms with Crippen molar-refractivity contribution < 1.29 is 9.53 Å². The first-order valence-corrected chi connectivity index (χ1v) is 7.69. The van der Waals surface area contributed by atoms with Crippen LogP contribution in [0.4, 0.5) is 5.69 Å². The molecule has 1 unspecified atom stereocenters. The topological polar surface area (TPSA) is 29.5 Å². The Hall–Kier alpha value is -2.81. The Morgan fingerprint density at radius 2 is 1.65 bits per heavy atom. The summed E-state index contributed by atoms with van der Waals surface area (Å²) in [6.07, 6.45) is 0. The van der Waals surface area contributed by atoms with Gasteiger partial charge in [0.15, 0.2) is 6.04 Å². The van der Waals surface area contributed by atoms with Crippen molar-refractivity contribution >= 4 is 22.4 Å². The molecule has 0 aliphatic carbocycles. The number of para-hydroxylation sites is 1. The van der Waals surface area contributed by atoms with E-state index in [1.807, 2.05) is 42.5 Å². The Morgan fingerprint density at radius 1 is 1.00 bits per heavy atom. The molecule has 0 bridgehead atoms. The first-order valence-electron chi connectivity index (χ1n) is 7.69. The van der Waals surface area contributed by atoms with Gasteiger partial charge in [-0.15, -0.1) is 0 Å². The van der Waals surface area contributed by atoms with Gasteiger partial charge in [-0.3, -0.25) is 0 Å². The zero-order valence-electron chi connectivity index (χ0n) is 12.9. The summed E-state index contributed by atoms with van der Waals surface area (Å²) >= 11 is 0. The number of ether oxygens (including phenoxy) is 1. The summed E-state index contributed by atoms with van der Waals surface area (Å²) in [5.41, 5.74) is 3.26. The van der Waals surface area contributed by atoms with Gasteiger partial charge in [0.2, 0.25) is 0 Å². The molecule has 0 saturated heterocycles. The quantitative estimate of drug-likeness (QED) is 0.668. The van der Waals surface area contributed by atoms with Crippen molar-refractivity contribution in [1.82, 2.24) is 0 Å². The third kappa shape index (κ3) is 2.25. The zero-order valence-corrected chi connectivity index (χ0v) is 12.9. The Labute approximate surface area is 135 Å². The van der Waals surface area contributed by atoms with Gasteiger partial charge in [-0.25, -0.2) is 4.79 Å². The van der Waals surface area contributed by atoms with Crippen LogP contribution >= 0.6 is 0 Å². The molecule has 0 fully saturated rings. The van der Waals surface area contributed by atoms with E-state index in [-0.39, 0.29) is 12.0 Å². The molecule has 3 nitrogen and oxygen atoms in total. The third-order valence-corrected chi connectivity index (χ3v) is 4.47. The van der Waals surface area contributed by atoms with Gasteiger partial charge in [0, 0.05) is 12.2 Å². The maximum atomic E-state index is 12.4. The summed E-state index contributed by atoms with van der Waals surface area (Å²) in [7, 11) is 1.45. The molecule has 3 aromatic carbocycles. The lowest BCUT2D eigenvalue weighted by molar-refractivity contribution is -0.142. The fraction of sp³-hybridized carbons (Fsp3) is 0.150. The molecule has 0 saturated carbocycles. The summed E-state index contributed by atoms with van der Waals surface area (Å²) in [5, 5.41) is 2.35. The monoisotopic (exact) mass is 303 g/mol. The Balaban J connectivity index is 1.87. The van der Waals surface area contributed by atoms with Gasteiger partial charge in [-0.05, 0) is 46.2 Å². The number of anilines is 1. The fourth-order valence-electron chi connectivity index (χ4n) is 3.36. The molecule has 1 aliphatic heterocycles. The van der Waals surface area contributed by atoms with E-state index < -0.39 is 0 Å². The number of benzene rings is 3. The van der Waals surface area contributed by atoms with Crippen LogP contribution in [-0.4, -0.2) is 13.1 Å². The normalized spacial score (nSPS) is 16.4. The highest BCUT2D eigenvalue weighted by Gasteiger charge is 2.36. The van der Waals surface area contributed by atoms with E-state index in [9.17, 15) is 4.79 Å². The minimum absolute atomic E-state index is 0.220. The van der Waals surface area contributed by atoms with Crippen LogP contribution in [0.3, 0.4) is 0 Å². The van der Waals surface area contributed by atoms with E-state index >= 15 is 0 Å². The van der Waals surface area contributed by atoms with Crippen molar-refractivity contribution in [1.29, 1.82) is 0 Å². The average Bonchev–Trinajstić information content (AvgIpc) is 2.98. The standard InChI is InChI=1S/C20H17NO2/c1-23-20(22)19-18-12-15-8-6-5-7-14(15)11-16(18)13-21(19)17-9-3-2-4-10-17/h2-12,19H,13H2,1H3. The lowest BCUT2D eigenvalue weighted by atomic mass is 9.99. The van der Waals surface area contributed by atoms with Crippen molar-refractivity contribution in [2.24, 2.45) is 0 Å². The lowest BCUT2D eigenvalue weighted by Crippen LogP contribution is -2.28. The van der Waals surface area contributed by atoms with E-state index in [0.29, 0.717) is 6.54 Å². The zero-order chi connectivity index (χ0) is 15.8. The van der Waals surface area contributed by atoms with Gasteiger partial charge >= 0.3 is 5.97 Å². The van der Waals surface area contributed by atoms with E-state index in [2.05, 4.69) is 29.2 Å². The van der Waals surface area contributed by atoms with Gasteiger partial charge in [0.1, 0.15) is 0 Å². The van der Waals surface area contributed by atoms with Crippen LogP contribution in [0.1, 0.15) is 17.2 Å². The molecule has 0 N–H and O–H groups in total. The molecule has 3 aromatic rings. The number of esters is 1. The molecule has 4 rings (SSSR count). The van der Waals surface area contributed by atoms with Crippen molar-refractivity contribution in [2.45, 2.75) is 12.6 Å². The first kappa shape index (κ1) is 13.8. The number of nitrogens with zero attached hydrogens (tertiary/aromatic N) is 1. The molecular formula is C20H17NO2. The second-order valence-electron chi connectivity index (χ2n) is 5.79. The highest BCUT2D eigenvalue weighted by Crippen LogP contribution is 2.39. The van der Waals surface area contributed by atoms with Crippen molar-refractivity contribution in [2.75, 3.05) is 12.0 Å². The number of hydrogen-bond donors (Lipinski definition) is 0. The summed E-state index contributed by atoms with van der Waals surface area (Å²) < 4.78 is 5.07. The molecule has 0 radical (unpaired) electrons. The predicted octanol–water partition coefficient (Wildman–Crippen LogP) is 4.07. The first-order chi connectivity index (χ1) is 11.3. The number of rotatable bonds is 2. The van der Waals surface area contributed by atoms with Crippen LogP contribution in [-0.2, 0) is 16.1 Å². The second kappa shape index (κ2) is 5.43. The highest BCUT2D eigenvalue weighted by atomic mass is 16.5. The number of hydrogen-bond acceptors (Lipinski definition) is 3. The number of fused-ring (bicyclic) bond motifs is 2. The molecule has 114 valence electrons. The van der Waals surface area contributed by atoms with E-state index in [1.54, 1.807) is 0 Å². The summed E-state index contributed by atoms with van der Waals surface area (Å²) in [6.45, 7) is 0.712. The van der Waals surface area contributed by atoms with Crippen LogP contribution in [0.2, 0.25) is 0 Å². The van der Waals surface area contributed by atoms with Crippen LogP contribution in [0.25, 0.3) is 10.8 Å². The largest absolute Gasteiger partial charge is 0.467 e. The number of carbonyl (C=O) groups excluding carboxylic acids is 1. The van der Waals surface area contributed by atoms with Crippen LogP contribution in [0, 0.1) is 0 Å². The maximum absolute atomic E-state index is 12.4. The van der Waals surface area contributed by atoms with Gasteiger partial charge in [0.25, 0.3) is 0 Å². The smallest absolute Gasteiger partial charge is 0.333 e. The minimum atomic E-state index is -0.387. The SMILES string of the molecule is COC(=O)C1c2cc3ccccc3cc2CN1c1ccccc1. The molecule has 1 heterocycles. The van der Waals surface area contributed by atoms with E-state index in [0.717, 1.165) is 16.6 Å². The summed E-state index contributed by atoms with van der Waals surface area (Å²) in [6, 6.07) is 22.2. The highest BCUT2D eigenvalue weighted by molar-refractivity contribution is 5.90. The van der Waals surface area contributed by atoms with Crippen molar-refractivity contribution in [3.05, 3.63) is 77.9 Å². The molecule has 3 heteroatoms. The Bertz CT molecular complexity index is 873. The molecule has 0 spiro atoms. The molecule has 1 aliphatic rings. The van der Waals surface area contributed by atoms with Crippen molar-refractivity contribution in [3.63, 3.8) is 0 Å². The van der Waals surface area contributed by atoms with Crippen LogP contribution in [0.5, 0.6) is 0 Å². The summed E-state index contributed by atoms with van der Waals surface area (Å²) in [4.78, 5) is 14.5. The van der Waals surface area contributed by atoms with Crippen LogP contribution < -0.4 is 4.90 Å². The maximum Gasteiger partial charge on any atom is 0.333 e. The molecular weight excluding hydrogens is 286 g/mol. The third-order valence-electron chi connectivity index (χ3n) is 4.47. The Kier molecular flexibility index (Phi) is 3.27. The van der Waals surface area contributed by atoms with Gasteiger partial charge in [-0.2, -0.15) is 0 Å². The van der Waals surface area contributed by atoms with Gasteiger partial charge < -0.3 is 9.64 Å².